The van der Waals surface area contributed by atoms with Gasteiger partial charge >= 0.3 is 0 Å². The maximum atomic E-state index is 10.7. The summed E-state index contributed by atoms with van der Waals surface area (Å²) in [6.45, 7) is 0. The summed E-state index contributed by atoms with van der Waals surface area (Å²) >= 11 is 0. The molecule has 0 spiro atoms. The first kappa shape index (κ1) is 14.1. The van der Waals surface area contributed by atoms with Gasteiger partial charge in [-0.3, -0.25) is 0 Å². The minimum Gasteiger partial charge on any atom is -0.544 e. The number of hydrogen-bond donors (Lipinski definition) is 1. The molecule has 0 amide bonds. The van der Waals surface area contributed by atoms with Crippen LogP contribution in [0.15, 0.2) is 12.1 Å². The number of carboxylic acid groups (broad SMARTS) is 1. The molecule has 1 aromatic carbocycles. The van der Waals surface area contributed by atoms with Crippen molar-refractivity contribution in [1.29, 1.82) is 0 Å². The Morgan fingerprint density at radius 2 is 1.67 bits per heavy atom. The highest BCUT2D eigenvalue weighted by atomic mass is 16.5. The minimum atomic E-state index is -1.20. The third kappa shape index (κ3) is 3.04. The predicted molar refractivity (Wildman–Crippen MR) is 61.5 cm³/mol. The van der Waals surface area contributed by atoms with E-state index in [1.807, 2.05) is 0 Å². The van der Waals surface area contributed by atoms with Crippen LogP contribution in [0.3, 0.4) is 0 Å². The van der Waals surface area contributed by atoms with Gasteiger partial charge in [0, 0.05) is 18.1 Å². The molecule has 0 unspecified atom stereocenters. The third-order valence-corrected chi connectivity index (χ3v) is 2.59. The summed E-state index contributed by atoms with van der Waals surface area (Å²) in [7, 11) is 4.53. The van der Waals surface area contributed by atoms with Crippen LogP contribution in [-0.2, 0) is 11.2 Å². The number of quaternary nitrogens is 1. The third-order valence-electron chi connectivity index (χ3n) is 2.59. The van der Waals surface area contributed by atoms with E-state index in [2.05, 4.69) is 5.73 Å². The van der Waals surface area contributed by atoms with Gasteiger partial charge in [0.05, 0.1) is 27.3 Å². The molecule has 0 bridgehead atoms. The number of carbonyl (C=O) groups excluding carboxylic acids is 1. The van der Waals surface area contributed by atoms with Gasteiger partial charge < -0.3 is 29.8 Å². The van der Waals surface area contributed by atoms with E-state index in [9.17, 15) is 9.90 Å². The SMILES string of the molecule is COc1cc(OC)c(OC)cc1C[C@H]([NH3+])C(=O)[O-]. The second-order valence-electron chi connectivity index (χ2n) is 3.74. The Labute approximate surface area is 105 Å². The Bertz CT molecular complexity index is 433. The molecule has 1 aromatic rings. The maximum absolute atomic E-state index is 10.7. The van der Waals surface area contributed by atoms with Crippen LogP contribution in [0, 0.1) is 0 Å². The van der Waals surface area contributed by atoms with E-state index in [0.717, 1.165) is 0 Å². The Morgan fingerprint density at radius 1 is 1.17 bits per heavy atom. The fraction of sp³-hybridized carbons (Fsp3) is 0.417. The van der Waals surface area contributed by atoms with Crippen LogP contribution in [0.2, 0.25) is 0 Å². The van der Waals surface area contributed by atoms with Crippen LogP contribution in [0.5, 0.6) is 17.2 Å². The van der Waals surface area contributed by atoms with Crippen LogP contribution in [0.1, 0.15) is 5.56 Å². The van der Waals surface area contributed by atoms with Gasteiger partial charge in [-0.2, -0.15) is 0 Å². The molecule has 0 aliphatic rings. The lowest BCUT2D eigenvalue weighted by molar-refractivity contribution is -0.437. The molecule has 6 heteroatoms. The minimum absolute atomic E-state index is 0.200. The van der Waals surface area contributed by atoms with Crippen molar-refractivity contribution in [3.8, 4) is 17.2 Å². The summed E-state index contributed by atoms with van der Waals surface area (Å²) in [6, 6.07) is 2.48. The van der Waals surface area contributed by atoms with Gasteiger partial charge in [0.2, 0.25) is 0 Å². The molecule has 1 rings (SSSR count). The number of benzene rings is 1. The number of carboxylic acids is 1. The lowest BCUT2D eigenvalue weighted by Gasteiger charge is -2.16. The van der Waals surface area contributed by atoms with E-state index in [4.69, 9.17) is 14.2 Å². The summed E-state index contributed by atoms with van der Waals surface area (Å²) in [5.41, 5.74) is 4.20. The molecule has 0 aliphatic heterocycles. The summed E-state index contributed by atoms with van der Waals surface area (Å²) in [6.07, 6.45) is 0.200. The molecule has 1 atom stereocenters. The average Bonchev–Trinajstić information content (AvgIpc) is 2.37. The van der Waals surface area contributed by atoms with E-state index >= 15 is 0 Å². The largest absolute Gasteiger partial charge is 0.544 e. The standard InChI is InChI=1S/C12H17NO5/c1-16-9-6-11(18-3)10(17-2)5-7(9)4-8(13)12(14)15/h5-6,8H,4,13H2,1-3H3,(H,14,15)/t8-/m0/s1. The summed E-state index contributed by atoms with van der Waals surface area (Å²) in [5.74, 6) is 0.361. The zero-order chi connectivity index (χ0) is 13.7. The van der Waals surface area contributed by atoms with Gasteiger partial charge in [-0.05, 0) is 6.07 Å². The maximum Gasteiger partial charge on any atom is 0.164 e. The Morgan fingerprint density at radius 3 is 2.11 bits per heavy atom. The first-order valence-corrected chi connectivity index (χ1v) is 5.36. The molecule has 0 radical (unpaired) electrons. The quantitative estimate of drug-likeness (QED) is 0.675. The Hall–Kier alpha value is -1.95. The van der Waals surface area contributed by atoms with Crippen LogP contribution < -0.4 is 25.1 Å². The van der Waals surface area contributed by atoms with E-state index in [1.165, 1.54) is 21.3 Å². The topological polar surface area (TPSA) is 95.5 Å². The lowest BCUT2D eigenvalue weighted by Crippen LogP contribution is -2.69. The summed E-state index contributed by atoms with van der Waals surface area (Å²) < 4.78 is 15.5. The summed E-state index contributed by atoms with van der Waals surface area (Å²) in [5, 5.41) is 10.7. The number of hydrogen-bond acceptors (Lipinski definition) is 5. The molecule has 0 saturated heterocycles. The molecular weight excluding hydrogens is 238 g/mol. The Kier molecular flexibility index (Phi) is 4.79. The molecule has 0 fully saturated rings. The van der Waals surface area contributed by atoms with Gasteiger partial charge in [0.1, 0.15) is 11.8 Å². The molecule has 3 N–H and O–H groups in total. The Balaban J connectivity index is 3.13. The van der Waals surface area contributed by atoms with E-state index in [0.29, 0.717) is 22.8 Å². The van der Waals surface area contributed by atoms with Gasteiger partial charge in [-0.15, -0.1) is 0 Å². The molecule has 100 valence electrons. The van der Waals surface area contributed by atoms with Crippen LogP contribution in [-0.4, -0.2) is 33.3 Å². The highest BCUT2D eigenvalue weighted by Gasteiger charge is 2.16. The number of aliphatic carboxylic acids is 1. The van der Waals surface area contributed by atoms with E-state index in [1.54, 1.807) is 12.1 Å². The number of ether oxygens (including phenoxy) is 3. The molecule has 18 heavy (non-hydrogen) atoms. The van der Waals surface area contributed by atoms with Crippen molar-refractivity contribution in [2.75, 3.05) is 21.3 Å². The highest BCUT2D eigenvalue weighted by molar-refractivity contribution is 5.70. The molecule has 0 aromatic heterocycles. The number of methoxy groups -OCH3 is 3. The zero-order valence-corrected chi connectivity index (χ0v) is 10.7. The molecule has 0 heterocycles. The van der Waals surface area contributed by atoms with Crippen molar-refractivity contribution in [2.24, 2.45) is 0 Å². The molecule has 0 saturated carbocycles. The van der Waals surface area contributed by atoms with Crippen molar-refractivity contribution in [2.45, 2.75) is 12.5 Å². The fourth-order valence-corrected chi connectivity index (χ4v) is 1.60. The van der Waals surface area contributed by atoms with Gasteiger partial charge in [-0.25, -0.2) is 0 Å². The molecule has 6 nitrogen and oxygen atoms in total. The highest BCUT2D eigenvalue weighted by Crippen LogP contribution is 2.34. The summed E-state index contributed by atoms with van der Waals surface area (Å²) in [4.78, 5) is 10.7. The molecular formula is C12H17NO5. The van der Waals surface area contributed by atoms with Crippen LogP contribution in [0.4, 0.5) is 0 Å². The van der Waals surface area contributed by atoms with Crippen molar-refractivity contribution in [3.05, 3.63) is 17.7 Å². The van der Waals surface area contributed by atoms with Gasteiger partial charge in [0.15, 0.2) is 11.5 Å². The second kappa shape index (κ2) is 6.11. The van der Waals surface area contributed by atoms with E-state index in [-0.39, 0.29) is 6.42 Å². The second-order valence-corrected chi connectivity index (χ2v) is 3.74. The molecule has 0 aliphatic carbocycles. The van der Waals surface area contributed by atoms with Crippen molar-refractivity contribution >= 4 is 5.97 Å². The lowest BCUT2D eigenvalue weighted by atomic mass is 10.0. The number of rotatable bonds is 6. The number of carbonyl (C=O) groups is 1. The first-order chi connectivity index (χ1) is 8.53. The van der Waals surface area contributed by atoms with Gasteiger partial charge in [0.25, 0.3) is 0 Å². The smallest absolute Gasteiger partial charge is 0.164 e. The fourth-order valence-electron chi connectivity index (χ4n) is 1.60. The monoisotopic (exact) mass is 255 g/mol. The van der Waals surface area contributed by atoms with Crippen LogP contribution >= 0.6 is 0 Å². The van der Waals surface area contributed by atoms with Crippen molar-refractivity contribution < 1.29 is 29.8 Å². The zero-order valence-electron chi connectivity index (χ0n) is 10.7. The van der Waals surface area contributed by atoms with E-state index < -0.39 is 12.0 Å². The normalized spacial score (nSPS) is 11.8. The van der Waals surface area contributed by atoms with Gasteiger partial charge in [-0.1, -0.05) is 0 Å². The van der Waals surface area contributed by atoms with Crippen molar-refractivity contribution in [1.82, 2.24) is 0 Å². The first-order valence-electron chi connectivity index (χ1n) is 5.36. The average molecular weight is 255 g/mol. The van der Waals surface area contributed by atoms with Crippen LogP contribution in [0.25, 0.3) is 0 Å². The van der Waals surface area contributed by atoms with Crippen molar-refractivity contribution in [3.63, 3.8) is 0 Å². The predicted octanol–water partition coefficient (Wildman–Crippen LogP) is -1.38.